The average molecular weight is 323 g/mol. The molecule has 0 amide bonds. The first-order valence-corrected chi connectivity index (χ1v) is 7.41. The monoisotopic (exact) mass is 322 g/mol. The van der Waals surface area contributed by atoms with E-state index < -0.39 is 5.56 Å². The number of piperazine rings is 1. The SMILES string of the molecule is CN1CCN(c2cnn(-c3ccc(F)cc3)c(=O)c2Cl)CC1. The standard InChI is InChI=1S/C15H16ClFN4O/c1-19-6-8-20(9-7-19)13-10-18-21(15(22)14(13)16)12-4-2-11(17)3-5-12/h2-5,10H,6-9H2,1H3. The topological polar surface area (TPSA) is 41.4 Å². The van der Waals surface area contributed by atoms with Crippen molar-refractivity contribution in [1.29, 1.82) is 0 Å². The van der Waals surface area contributed by atoms with Crippen LogP contribution in [-0.4, -0.2) is 47.9 Å². The van der Waals surface area contributed by atoms with E-state index in [-0.39, 0.29) is 10.8 Å². The number of likely N-dealkylation sites (N-methyl/N-ethyl adjacent to an activating group) is 1. The summed E-state index contributed by atoms with van der Waals surface area (Å²) < 4.78 is 14.2. The predicted octanol–water partition coefficient (Wildman–Crippen LogP) is 1.78. The van der Waals surface area contributed by atoms with Gasteiger partial charge in [0, 0.05) is 26.2 Å². The summed E-state index contributed by atoms with van der Waals surface area (Å²) in [6.07, 6.45) is 1.60. The fourth-order valence-corrected chi connectivity index (χ4v) is 2.71. The Morgan fingerprint density at radius 1 is 1.14 bits per heavy atom. The molecule has 2 aromatic rings. The minimum Gasteiger partial charge on any atom is -0.366 e. The Hall–Kier alpha value is -1.92. The minimum atomic E-state index is -0.398. The summed E-state index contributed by atoms with van der Waals surface area (Å²) in [6, 6.07) is 5.56. The fourth-order valence-electron chi connectivity index (χ4n) is 2.46. The lowest BCUT2D eigenvalue weighted by Gasteiger charge is -2.34. The second kappa shape index (κ2) is 6.06. The van der Waals surface area contributed by atoms with Crippen LogP contribution in [0.5, 0.6) is 0 Å². The number of aromatic nitrogens is 2. The molecule has 0 radical (unpaired) electrons. The third-order valence-electron chi connectivity index (χ3n) is 3.82. The van der Waals surface area contributed by atoms with Crippen molar-refractivity contribution in [2.75, 3.05) is 38.1 Å². The number of hydrogen-bond donors (Lipinski definition) is 0. The molecule has 1 aliphatic rings. The van der Waals surface area contributed by atoms with Gasteiger partial charge in [0.25, 0.3) is 5.56 Å². The molecule has 3 rings (SSSR count). The molecular formula is C15H16ClFN4O. The van der Waals surface area contributed by atoms with E-state index in [1.165, 1.54) is 28.9 Å². The van der Waals surface area contributed by atoms with Crippen LogP contribution in [0.15, 0.2) is 35.3 Å². The third kappa shape index (κ3) is 2.84. The quantitative estimate of drug-likeness (QED) is 0.845. The predicted molar refractivity (Wildman–Crippen MR) is 84.5 cm³/mol. The molecule has 0 N–H and O–H groups in total. The number of nitrogens with zero attached hydrogens (tertiary/aromatic N) is 4. The first kappa shape index (κ1) is 15.0. The summed E-state index contributed by atoms with van der Waals surface area (Å²) in [7, 11) is 2.06. The summed E-state index contributed by atoms with van der Waals surface area (Å²) in [5.74, 6) is -0.364. The van der Waals surface area contributed by atoms with Gasteiger partial charge < -0.3 is 9.80 Å². The highest BCUT2D eigenvalue weighted by Gasteiger charge is 2.19. The van der Waals surface area contributed by atoms with Crippen molar-refractivity contribution in [1.82, 2.24) is 14.7 Å². The summed E-state index contributed by atoms with van der Waals surface area (Å²) in [6.45, 7) is 3.44. The molecule has 1 fully saturated rings. The van der Waals surface area contributed by atoms with Gasteiger partial charge in [0.1, 0.15) is 10.8 Å². The van der Waals surface area contributed by atoms with Crippen LogP contribution in [0, 0.1) is 5.82 Å². The number of hydrogen-bond acceptors (Lipinski definition) is 4. The molecule has 0 saturated carbocycles. The summed E-state index contributed by atoms with van der Waals surface area (Å²) >= 11 is 6.25. The number of anilines is 1. The second-order valence-electron chi connectivity index (χ2n) is 5.33. The zero-order valence-electron chi connectivity index (χ0n) is 12.2. The van der Waals surface area contributed by atoms with Crippen LogP contribution in [0.25, 0.3) is 5.69 Å². The Balaban J connectivity index is 1.95. The van der Waals surface area contributed by atoms with Crippen molar-refractivity contribution in [3.05, 3.63) is 51.7 Å². The van der Waals surface area contributed by atoms with E-state index in [9.17, 15) is 9.18 Å². The van der Waals surface area contributed by atoms with Gasteiger partial charge in [0.05, 0.1) is 17.6 Å². The number of benzene rings is 1. The van der Waals surface area contributed by atoms with E-state index in [4.69, 9.17) is 11.6 Å². The van der Waals surface area contributed by atoms with Gasteiger partial charge in [0.2, 0.25) is 0 Å². The van der Waals surface area contributed by atoms with E-state index in [0.717, 1.165) is 26.2 Å². The van der Waals surface area contributed by atoms with Crippen molar-refractivity contribution >= 4 is 17.3 Å². The second-order valence-corrected chi connectivity index (χ2v) is 5.71. The lowest BCUT2D eigenvalue weighted by molar-refractivity contribution is 0.312. The molecule has 1 saturated heterocycles. The largest absolute Gasteiger partial charge is 0.366 e. The Kier molecular flexibility index (Phi) is 4.13. The van der Waals surface area contributed by atoms with Crippen LogP contribution >= 0.6 is 11.6 Å². The van der Waals surface area contributed by atoms with Gasteiger partial charge in [-0.1, -0.05) is 11.6 Å². The van der Waals surface area contributed by atoms with Gasteiger partial charge in [-0.05, 0) is 31.3 Å². The maximum absolute atomic E-state index is 13.0. The zero-order valence-corrected chi connectivity index (χ0v) is 12.9. The lowest BCUT2D eigenvalue weighted by Crippen LogP contribution is -2.45. The summed E-state index contributed by atoms with van der Waals surface area (Å²) in [5, 5.41) is 4.32. The highest BCUT2D eigenvalue weighted by Crippen LogP contribution is 2.22. The van der Waals surface area contributed by atoms with E-state index in [1.807, 2.05) is 0 Å². The molecule has 1 aliphatic heterocycles. The molecule has 5 nitrogen and oxygen atoms in total. The Morgan fingerprint density at radius 2 is 1.77 bits per heavy atom. The Bertz CT molecular complexity index is 723. The molecule has 1 aromatic carbocycles. The molecule has 0 spiro atoms. The van der Waals surface area contributed by atoms with Gasteiger partial charge in [-0.25, -0.2) is 4.39 Å². The van der Waals surface area contributed by atoms with Gasteiger partial charge in [-0.2, -0.15) is 9.78 Å². The molecule has 2 heterocycles. The Labute approximate surface area is 132 Å². The molecule has 116 valence electrons. The van der Waals surface area contributed by atoms with Crippen molar-refractivity contribution in [3.63, 3.8) is 0 Å². The Morgan fingerprint density at radius 3 is 2.41 bits per heavy atom. The zero-order chi connectivity index (χ0) is 15.7. The highest BCUT2D eigenvalue weighted by atomic mass is 35.5. The van der Waals surface area contributed by atoms with E-state index in [0.29, 0.717) is 11.4 Å². The fraction of sp³-hybridized carbons (Fsp3) is 0.333. The molecule has 7 heteroatoms. The molecular weight excluding hydrogens is 307 g/mol. The maximum atomic E-state index is 13.0. The van der Waals surface area contributed by atoms with Gasteiger partial charge >= 0.3 is 0 Å². The maximum Gasteiger partial charge on any atom is 0.292 e. The molecule has 0 aliphatic carbocycles. The summed E-state index contributed by atoms with van der Waals surface area (Å²) in [4.78, 5) is 16.7. The number of halogens is 2. The average Bonchev–Trinajstić information content (AvgIpc) is 2.52. The van der Waals surface area contributed by atoms with Crippen LogP contribution in [0.4, 0.5) is 10.1 Å². The van der Waals surface area contributed by atoms with Crippen LogP contribution < -0.4 is 10.5 Å². The van der Waals surface area contributed by atoms with Crippen LogP contribution in [0.3, 0.4) is 0 Å². The van der Waals surface area contributed by atoms with Gasteiger partial charge in [-0.3, -0.25) is 4.79 Å². The normalized spacial score (nSPS) is 16.0. The van der Waals surface area contributed by atoms with Gasteiger partial charge in [0.15, 0.2) is 0 Å². The minimum absolute atomic E-state index is 0.142. The molecule has 22 heavy (non-hydrogen) atoms. The van der Waals surface area contributed by atoms with E-state index in [2.05, 4.69) is 21.9 Å². The first-order valence-electron chi connectivity index (χ1n) is 7.03. The number of rotatable bonds is 2. The first-order chi connectivity index (χ1) is 10.6. The highest BCUT2D eigenvalue weighted by molar-refractivity contribution is 6.33. The lowest BCUT2D eigenvalue weighted by atomic mass is 10.3. The van der Waals surface area contributed by atoms with Crippen molar-refractivity contribution in [2.45, 2.75) is 0 Å². The van der Waals surface area contributed by atoms with Crippen LogP contribution in [0.2, 0.25) is 5.02 Å². The van der Waals surface area contributed by atoms with Crippen molar-refractivity contribution < 1.29 is 4.39 Å². The van der Waals surface area contributed by atoms with E-state index in [1.54, 1.807) is 6.20 Å². The van der Waals surface area contributed by atoms with E-state index >= 15 is 0 Å². The smallest absolute Gasteiger partial charge is 0.292 e. The van der Waals surface area contributed by atoms with Crippen molar-refractivity contribution in [3.8, 4) is 5.69 Å². The van der Waals surface area contributed by atoms with Crippen LogP contribution in [0.1, 0.15) is 0 Å². The van der Waals surface area contributed by atoms with Crippen molar-refractivity contribution in [2.24, 2.45) is 0 Å². The molecule has 0 atom stereocenters. The summed E-state index contributed by atoms with van der Waals surface area (Å²) in [5.41, 5.74) is 0.737. The molecule has 0 unspecified atom stereocenters. The molecule has 0 bridgehead atoms. The van der Waals surface area contributed by atoms with Gasteiger partial charge in [-0.15, -0.1) is 0 Å². The van der Waals surface area contributed by atoms with Crippen LogP contribution in [-0.2, 0) is 0 Å². The molecule has 1 aromatic heterocycles. The third-order valence-corrected chi connectivity index (χ3v) is 4.17.